The van der Waals surface area contributed by atoms with Crippen molar-refractivity contribution in [2.45, 2.75) is 13.3 Å². The SMILES string of the molecule is Cc1cc(C(=O)Nc2ccc(N3CCc4ccccc43)cc2)ccc1N1CCNC1=O. The third-order valence-electron chi connectivity index (χ3n) is 5.93. The van der Waals surface area contributed by atoms with Crippen molar-refractivity contribution < 1.29 is 9.59 Å². The molecule has 0 aromatic heterocycles. The maximum absolute atomic E-state index is 12.8. The van der Waals surface area contributed by atoms with Gasteiger partial charge in [0.15, 0.2) is 0 Å². The molecule has 156 valence electrons. The van der Waals surface area contributed by atoms with Gasteiger partial charge in [-0.2, -0.15) is 0 Å². The highest BCUT2D eigenvalue weighted by Gasteiger charge is 2.23. The van der Waals surface area contributed by atoms with Gasteiger partial charge in [0.25, 0.3) is 5.91 Å². The van der Waals surface area contributed by atoms with Crippen molar-refractivity contribution in [1.82, 2.24) is 5.32 Å². The van der Waals surface area contributed by atoms with Crippen LogP contribution in [0.3, 0.4) is 0 Å². The van der Waals surface area contributed by atoms with Crippen molar-refractivity contribution in [2.75, 3.05) is 34.8 Å². The Hall–Kier alpha value is -3.80. The van der Waals surface area contributed by atoms with Crippen molar-refractivity contribution in [3.63, 3.8) is 0 Å². The number of carbonyl (C=O) groups excluding carboxylic acids is 2. The van der Waals surface area contributed by atoms with Crippen LogP contribution in [0.4, 0.5) is 27.5 Å². The van der Waals surface area contributed by atoms with E-state index < -0.39 is 0 Å². The molecule has 0 radical (unpaired) electrons. The third-order valence-corrected chi connectivity index (χ3v) is 5.93. The molecule has 0 spiro atoms. The Morgan fingerprint density at radius 3 is 2.48 bits per heavy atom. The van der Waals surface area contributed by atoms with Crippen LogP contribution in [-0.4, -0.2) is 31.6 Å². The maximum atomic E-state index is 12.8. The molecule has 3 aromatic carbocycles. The standard InChI is InChI=1S/C25H24N4O2/c1-17-16-19(6-11-22(17)29-15-13-26-25(29)31)24(30)27-20-7-9-21(10-8-20)28-14-12-18-4-2-3-5-23(18)28/h2-11,16H,12-15H2,1H3,(H,26,31)(H,27,30). The summed E-state index contributed by atoms with van der Waals surface area (Å²) in [6.07, 6.45) is 1.04. The molecule has 5 rings (SSSR count). The minimum absolute atomic E-state index is 0.0963. The van der Waals surface area contributed by atoms with Crippen molar-refractivity contribution in [1.29, 1.82) is 0 Å². The number of amides is 3. The number of benzene rings is 3. The molecular weight excluding hydrogens is 388 g/mol. The molecule has 6 heteroatoms. The van der Waals surface area contributed by atoms with E-state index in [1.54, 1.807) is 11.0 Å². The molecule has 1 fully saturated rings. The average molecular weight is 412 g/mol. The predicted octanol–water partition coefficient (Wildman–Crippen LogP) is 4.47. The normalized spacial score (nSPS) is 15.1. The smallest absolute Gasteiger partial charge is 0.322 e. The van der Waals surface area contributed by atoms with E-state index in [0.717, 1.165) is 35.6 Å². The lowest BCUT2D eigenvalue weighted by atomic mass is 10.1. The molecule has 3 aromatic rings. The fourth-order valence-corrected chi connectivity index (χ4v) is 4.34. The summed E-state index contributed by atoms with van der Waals surface area (Å²) < 4.78 is 0. The molecule has 2 aliphatic rings. The molecule has 2 heterocycles. The first-order valence-corrected chi connectivity index (χ1v) is 10.5. The summed E-state index contributed by atoms with van der Waals surface area (Å²) in [6.45, 7) is 4.16. The number of anilines is 4. The predicted molar refractivity (Wildman–Crippen MR) is 123 cm³/mol. The first-order valence-electron chi connectivity index (χ1n) is 10.5. The number of aryl methyl sites for hydroxylation is 1. The first-order chi connectivity index (χ1) is 15.1. The van der Waals surface area contributed by atoms with E-state index in [0.29, 0.717) is 18.7 Å². The molecule has 3 amide bonds. The molecule has 0 bridgehead atoms. The fourth-order valence-electron chi connectivity index (χ4n) is 4.34. The Labute approximate surface area is 181 Å². The molecular formula is C25H24N4O2. The molecule has 2 aliphatic heterocycles. The number of nitrogens with one attached hydrogen (secondary N) is 2. The Balaban J connectivity index is 1.29. The summed E-state index contributed by atoms with van der Waals surface area (Å²) in [5.74, 6) is -0.167. The van der Waals surface area contributed by atoms with Crippen LogP contribution in [0.15, 0.2) is 66.7 Å². The Kier molecular flexibility index (Phi) is 4.82. The van der Waals surface area contributed by atoms with Crippen LogP contribution in [0.25, 0.3) is 0 Å². The van der Waals surface area contributed by atoms with Crippen molar-refractivity contribution >= 4 is 34.7 Å². The zero-order chi connectivity index (χ0) is 21.4. The van der Waals surface area contributed by atoms with Gasteiger partial charge >= 0.3 is 6.03 Å². The Bertz CT molecular complexity index is 1160. The van der Waals surface area contributed by atoms with Gasteiger partial charge in [0.05, 0.1) is 0 Å². The number of rotatable bonds is 4. The maximum Gasteiger partial charge on any atom is 0.322 e. The van der Waals surface area contributed by atoms with Gasteiger partial charge in [0, 0.05) is 47.9 Å². The number of carbonyl (C=O) groups is 2. The Morgan fingerprint density at radius 2 is 1.74 bits per heavy atom. The van der Waals surface area contributed by atoms with E-state index in [4.69, 9.17) is 0 Å². The van der Waals surface area contributed by atoms with Crippen LogP contribution in [0.5, 0.6) is 0 Å². The highest BCUT2D eigenvalue weighted by molar-refractivity contribution is 6.05. The highest BCUT2D eigenvalue weighted by atomic mass is 16.2. The summed E-state index contributed by atoms with van der Waals surface area (Å²) in [6, 6.07) is 21.7. The number of urea groups is 1. The van der Waals surface area contributed by atoms with E-state index in [2.05, 4.69) is 39.8 Å². The first kappa shape index (κ1) is 19.2. The lowest BCUT2D eigenvalue weighted by Crippen LogP contribution is -2.28. The highest BCUT2D eigenvalue weighted by Crippen LogP contribution is 2.34. The lowest BCUT2D eigenvalue weighted by Gasteiger charge is -2.20. The average Bonchev–Trinajstić information content (AvgIpc) is 3.40. The van der Waals surface area contributed by atoms with E-state index in [9.17, 15) is 9.59 Å². The second kappa shape index (κ2) is 7.80. The van der Waals surface area contributed by atoms with Gasteiger partial charge in [-0.15, -0.1) is 0 Å². The number of fused-ring (bicyclic) bond motifs is 1. The van der Waals surface area contributed by atoms with Crippen molar-refractivity contribution in [3.05, 3.63) is 83.4 Å². The van der Waals surface area contributed by atoms with Gasteiger partial charge in [0.1, 0.15) is 0 Å². The van der Waals surface area contributed by atoms with Crippen LogP contribution in [-0.2, 0) is 6.42 Å². The zero-order valence-electron chi connectivity index (χ0n) is 17.4. The molecule has 31 heavy (non-hydrogen) atoms. The van der Waals surface area contributed by atoms with Crippen LogP contribution < -0.4 is 20.4 Å². The fraction of sp³-hybridized carbons (Fsp3) is 0.200. The number of nitrogens with zero attached hydrogens (tertiary/aromatic N) is 2. The van der Waals surface area contributed by atoms with Gasteiger partial charge in [-0.3, -0.25) is 9.69 Å². The number of para-hydroxylation sites is 1. The summed E-state index contributed by atoms with van der Waals surface area (Å²) >= 11 is 0. The van der Waals surface area contributed by atoms with Crippen LogP contribution in [0.1, 0.15) is 21.5 Å². The number of hydrogen-bond acceptors (Lipinski definition) is 3. The van der Waals surface area contributed by atoms with E-state index in [1.165, 1.54) is 11.3 Å². The van der Waals surface area contributed by atoms with Crippen molar-refractivity contribution in [2.24, 2.45) is 0 Å². The quantitative estimate of drug-likeness (QED) is 0.665. The zero-order valence-corrected chi connectivity index (χ0v) is 17.4. The minimum Gasteiger partial charge on any atom is -0.341 e. The summed E-state index contributed by atoms with van der Waals surface area (Å²) in [5.41, 5.74) is 6.79. The topological polar surface area (TPSA) is 64.7 Å². The van der Waals surface area contributed by atoms with Crippen molar-refractivity contribution in [3.8, 4) is 0 Å². The minimum atomic E-state index is -0.167. The third kappa shape index (κ3) is 3.61. The Morgan fingerprint density at radius 1 is 0.935 bits per heavy atom. The van der Waals surface area contributed by atoms with Crippen LogP contribution in [0.2, 0.25) is 0 Å². The molecule has 0 atom stereocenters. The van der Waals surface area contributed by atoms with Gasteiger partial charge in [-0.25, -0.2) is 4.79 Å². The lowest BCUT2D eigenvalue weighted by molar-refractivity contribution is 0.102. The van der Waals surface area contributed by atoms with Gasteiger partial charge in [-0.05, 0) is 73.0 Å². The molecule has 2 N–H and O–H groups in total. The van der Waals surface area contributed by atoms with E-state index in [-0.39, 0.29) is 11.9 Å². The summed E-state index contributed by atoms with van der Waals surface area (Å²) in [4.78, 5) is 28.7. The molecule has 0 aliphatic carbocycles. The van der Waals surface area contributed by atoms with Crippen LogP contribution >= 0.6 is 0 Å². The van der Waals surface area contributed by atoms with Gasteiger partial charge < -0.3 is 15.5 Å². The second-order valence-corrected chi connectivity index (χ2v) is 7.92. The van der Waals surface area contributed by atoms with Crippen LogP contribution in [0, 0.1) is 6.92 Å². The molecule has 0 unspecified atom stereocenters. The molecule has 0 saturated carbocycles. The van der Waals surface area contributed by atoms with Gasteiger partial charge in [0.2, 0.25) is 0 Å². The largest absolute Gasteiger partial charge is 0.341 e. The van der Waals surface area contributed by atoms with E-state index in [1.807, 2.05) is 43.3 Å². The molecule has 1 saturated heterocycles. The monoisotopic (exact) mass is 412 g/mol. The number of hydrogen-bond donors (Lipinski definition) is 2. The van der Waals surface area contributed by atoms with E-state index >= 15 is 0 Å². The summed E-state index contributed by atoms with van der Waals surface area (Å²) in [7, 11) is 0. The van der Waals surface area contributed by atoms with Gasteiger partial charge in [-0.1, -0.05) is 18.2 Å². The second-order valence-electron chi connectivity index (χ2n) is 7.92. The molecule has 6 nitrogen and oxygen atoms in total. The summed E-state index contributed by atoms with van der Waals surface area (Å²) in [5, 5.41) is 5.77.